The van der Waals surface area contributed by atoms with Gasteiger partial charge in [0.15, 0.2) is 12.2 Å². The zero-order chi connectivity index (χ0) is 29.1. The SMILES string of the molecule is CC(=O)OC[C@H]1O[C@@H](Oc2cc3oc(=O)c4c(c3cc2Cl)CCCC4)[C@H](OC(C)=O)[C@@H](OC(C)=O)[C@H]1OC(C)=O. The minimum absolute atomic E-state index is 0.00831. The first-order valence-electron chi connectivity index (χ1n) is 12.7. The van der Waals surface area contributed by atoms with Crippen molar-refractivity contribution in [3.63, 3.8) is 0 Å². The number of rotatable bonds is 7. The van der Waals surface area contributed by atoms with Gasteiger partial charge in [-0.3, -0.25) is 19.2 Å². The van der Waals surface area contributed by atoms with Gasteiger partial charge in [-0.1, -0.05) is 11.6 Å². The van der Waals surface area contributed by atoms with Crippen molar-refractivity contribution in [2.75, 3.05) is 6.61 Å². The molecule has 5 atom stereocenters. The minimum atomic E-state index is -1.49. The number of hydrogen-bond acceptors (Lipinski definition) is 12. The van der Waals surface area contributed by atoms with Crippen LogP contribution < -0.4 is 10.4 Å². The molecule has 12 nitrogen and oxygen atoms in total. The van der Waals surface area contributed by atoms with Crippen LogP contribution in [0.2, 0.25) is 5.02 Å². The number of hydrogen-bond donors (Lipinski definition) is 0. The molecule has 2 aliphatic rings. The summed E-state index contributed by atoms with van der Waals surface area (Å²) >= 11 is 6.58. The second kappa shape index (κ2) is 12.3. The summed E-state index contributed by atoms with van der Waals surface area (Å²) in [6.07, 6.45) is -3.73. The number of halogens is 1. The van der Waals surface area contributed by atoms with Crippen molar-refractivity contribution in [1.82, 2.24) is 0 Å². The highest BCUT2D eigenvalue weighted by atomic mass is 35.5. The van der Waals surface area contributed by atoms with Gasteiger partial charge in [0, 0.05) is 44.7 Å². The number of carbonyl (C=O) groups excluding carboxylic acids is 4. The maximum Gasteiger partial charge on any atom is 0.339 e. The van der Waals surface area contributed by atoms with E-state index >= 15 is 0 Å². The Labute approximate surface area is 233 Å². The Morgan fingerprint density at radius 1 is 0.850 bits per heavy atom. The van der Waals surface area contributed by atoms with E-state index in [1.807, 2.05) is 0 Å². The quantitative estimate of drug-likeness (QED) is 0.269. The molecule has 1 aliphatic heterocycles. The van der Waals surface area contributed by atoms with Crippen LogP contribution in [0.4, 0.5) is 0 Å². The van der Waals surface area contributed by atoms with Crippen LogP contribution >= 0.6 is 11.6 Å². The molecule has 0 bridgehead atoms. The predicted molar refractivity (Wildman–Crippen MR) is 137 cm³/mol. The lowest BCUT2D eigenvalue weighted by atomic mass is 9.90. The molecule has 0 spiro atoms. The maximum absolute atomic E-state index is 12.6. The maximum atomic E-state index is 12.6. The van der Waals surface area contributed by atoms with Gasteiger partial charge < -0.3 is 32.8 Å². The normalized spacial score (nSPS) is 24.0. The van der Waals surface area contributed by atoms with E-state index in [1.165, 1.54) is 13.0 Å². The van der Waals surface area contributed by atoms with Crippen LogP contribution in [0.25, 0.3) is 11.0 Å². The van der Waals surface area contributed by atoms with Crippen molar-refractivity contribution >= 4 is 46.4 Å². The second-order valence-electron chi connectivity index (χ2n) is 9.52. The third-order valence-corrected chi connectivity index (χ3v) is 6.76. The zero-order valence-corrected chi connectivity index (χ0v) is 23.1. The van der Waals surface area contributed by atoms with E-state index in [4.69, 9.17) is 44.4 Å². The van der Waals surface area contributed by atoms with E-state index < -0.39 is 66.8 Å². The van der Waals surface area contributed by atoms with Gasteiger partial charge in [0.2, 0.25) is 12.4 Å². The first-order valence-corrected chi connectivity index (χ1v) is 13.1. The highest BCUT2D eigenvalue weighted by molar-refractivity contribution is 6.32. The largest absolute Gasteiger partial charge is 0.463 e. The van der Waals surface area contributed by atoms with Gasteiger partial charge in [-0.05, 0) is 37.3 Å². The highest BCUT2D eigenvalue weighted by Crippen LogP contribution is 2.37. The molecule has 0 amide bonds. The summed E-state index contributed by atoms with van der Waals surface area (Å²) in [5, 5.41) is 0.815. The molecule has 1 aromatic heterocycles. The topological polar surface area (TPSA) is 154 Å². The molecule has 0 unspecified atom stereocenters. The first kappa shape index (κ1) is 29.3. The molecule has 0 radical (unpaired) electrons. The summed E-state index contributed by atoms with van der Waals surface area (Å²) in [5.41, 5.74) is 1.29. The Hall–Kier alpha value is -3.64. The van der Waals surface area contributed by atoms with Gasteiger partial charge in [-0.15, -0.1) is 0 Å². The fraction of sp³-hybridized carbons (Fsp3) is 0.519. The van der Waals surface area contributed by atoms with Gasteiger partial charge in [0.1, 0.15) is 24.0 Å². The number of fused-ring (bicyclic) bond motifs is 3. The lowest BCUT2D eigenvalue weighted by molar-refractivity contribution is -0.288. The molecule has 1 aliphatic carbocycles. The Kier molecular flexibility index (Phi) is 8.99. The number of carbonyl (C=O) groups is 4. The predicted octanol–water partition coefficient (Wildman–Crippen LogP) is 2.79. The van der Waals surface area contributed by atoms with Crippen LogP contribution in [0, 0.1) is 0 Å². The molecule has 2 aromatic rings. The van der Waals surface area contributed by atoms with E-state index in [0.717, 1.165) is 39.2 Å². The fourth-order valence-electron chi connectivity index (χ4n) is 4.94. The third kappa shape index (κ3) is 6.56. The number of aryl methyl sites for hydroxylation is 1. The van der Waals surface area contributed by atoms with E-state index in [9.17, 15) is 24.0 Å². The van der Waals surface area contributed by atoms with E-state index in [-0.39, 0.29) is 16.4 Å². The molecule has 40 heavy (non-hydrogen) atoms. The van der Waals surface area contributed by atoms with Crippen molar-refractivity contribution in [3.05, 3.63) is 38.7 Å². The number of benzene rings is 1. The monoisotopic (exact) mass is 580 g/mol. The summed E-state index contributed by atoms with van der Waals surface area (Å²) in [6, 6.07) is 3.03. The second-order valence-corrected chi connectivity index (χ2v) is 9.93. The molecular weight excluding hydrogens is 552 g/mol. The molecule has 4 rings (SSSR count). The van der Waals surface area contributed by atoms with Crippen LogP contribution in [0.15, 0.2) is 21.3 Å². The van der Waals surface area contributed by atoms with Crippen LogP contribution in [0.5, 0.6) is 5.75 Å². The number of ether oxygens (including phenoxy) is 6. The van der Waals surface area contributed by atoms with E-state index in [1.54, 1.807) is 6.07 Å². The summed E-state index contributed by atoms with van der Waals surface area (Å²) in [6.45, 7) is 4.12. The fourth-order valence-corrected chi connectivity index (χ4v) is 5.15. The molecular formula is C27H29ClO12. The molecule has 0 saturated carbocycles. The van der Waals surface area contributed by atoms with Crippen molar-refractivity contribution < 1.29 is 52.0 Å². The minimum Gasteiger partial charge on any atom is -0.463 e. The molecule has 1 saturated heterocycles. The Bertz CT molecular complexity index is 1380. The summed E-state index contributed by atoms with van der Waals surface area (Å²) in [4.78, 5) is 60.1. The van der Waals surface area contributed by atoms with Crippen LogP contribution in [0.1, 0.15) is 51.7 Å². The lowest BCUT2D eigenvalue weighted by Gasteiger charge is -2.44. The van der Waals surface area contributed by atoms with Gasteiger partial charge in [-0.25, -0.2) is 4.79 Å². The van der Waals surface area contributed by atoms with Crippen molar-refractivity contribution in [2.24, 2.45) is 0 Å². The van der Waals surface area contributed by atoms with Gasteiger partial charge in [0.05, 0.1) is 5.02 Å². The average molecular weight is 581 g/mol. The molecule has 2 heterocycles. The third-order valence-electron chi connectivity index (χ3n) is 6.47. The lowest BCUT2D eigenvalue weighted by Crippen LogP contribution is -2.63. The van der Waals surface area contributed by atoms with Gasteiger partial charge in [0.25, 0.3) is 0 Å². The number of esters is 4. The molecule has 1 fully saturated rings. The Balaban J connectivity index is 1.76. The molecule has 13 heteroatoms. The standard InChI is InChI=1S/C27H29ClO12/c1-12(29)34-11-22-23(35-13(2)30)24(36-14(3)31)25(37-15(4)32)27(40-22)39-21-10-20-18(9-19(21)28)16-7-5-6-8-17(16)26(33)38-20/h9-10,22-25,27H,5-8,11H2,1-4H3/t22-,23+,24+,25-,27-/m1/s1. The van der Waals surface area contributed by atoms with E-state index in [2.05, 4.69) is 0 Å². The molecule has 216 valence electrons. The van der Waals surface area contributed by atoms with Crippen LogP contribution in [0.3, 0.4) is 0 Å². The Morgan fingerprint density at radius 3 is 2.08 bits per heavy atom. The summed E-state index contributed by atoms with van der Waals surface area (Å²) < 4.78 is 38.8. The van der Waals surface area contributed by atoms with Crippen molar-refractivity contribution in [3.8, 4) is 5.75 Å². The molecule has 0 N–H and O–H groups in total. The highest BCUT2D eigenvalue weighted by Gasteiger charge is 2.53. The van der Waals surface area contributed by atoms with Crippen molar-refractivity contribution in [1.29, 1.82) is 0 Å². The van der Waals surface area contributed by atoms with Crippen LogP contribution in [-0.4, -0.2) is 61.2 Å². The van der Waals surface area contributed by atoms with Crippen LogP contribution in [-0.2, 0) is 55.7 Å². The average Bonchev–Trinajstić information content (AvgIpc) is 2.87. The Morgan fingerprint density at radius 2 is 1.45 bits per heavy atom. The summed E-state index contributed by atoms with van der Waals surface area (Å²) in [7, 11) is 0. The smallest absolute Gasteiger partial charge is 0.339 e. The molecule has 1 aromatic carbocycles. The summed E-state index contributed by atoms with van der Waals surface area (Å²) in [5.74, 6) is -2.95. The van der Waals surface area contributed by atoms with E-state index in [0.29, 0.717) is 23.8 Å². The van der Waals surface area contributed by atoms with Crippen molar-refractivity contribution in [2.45, 2.75) is 84.1 Å². The first-order chi connectivity index (χ1) is 18.9. The van der Waals surface area contributed by atoms with Gasteiger partial charge >= 0.3 is 29.5 Å². The van der Waals surface area contributed by atoms with Gasteiger partial charge in [-0.2, -0.15) is 0 Å². The zero-order valence-electron chi connectivity index (χ0n) is 22.4.